The van der Waals surface area contributed by atoms with Crippen molar-refractivity contribution < 1.29 is 9.53 Å². The Balaban J connectivity index is 2.64. The van der Waals surface area contributed by atoms with Crippen LogP contribution in [0.5, 0.6) is 5.88 Å². The van der Waals surface area contributed by atoms with Crippen molar-refractivity contribution in [1.82, 2.24) is 4.98 Å². The van der Waals surface area contributed by atoms with Gasteiger partial charge >= 0.3 is 0 Å². The minimum atomic E-state index is -0.530. The number of nitrogens with zero attached hydrogens (tertiary/aromatic N) is 1. The van der Waals surface area contributed by atoms with Crippen LogP contribution in [0.15, 0.2) is 18.3 Å². The zero-order valence-corrected chi connectivity index (χ0v) is 8.15. The van der Waals surface area contributed by atoms with Crippen LogP contribution in [-0.4, -0.2) is 24.0 Å². The summed E-state index contributed by atoms with van der Waals surface area (Å²) < 4.78 is 4.87. The normalized spacial score (nSPS) is 11.9. The Morgan fingerprint density at radius 2 is 2.36 bits per heavy atom. The molecule has 1 heterocycles. The molecule has 0 unspecified atom stereocenters. The summed E-state index contributed by atoms with van der Waals surface area (Å²) in [7, 11) is 1.53. The summed E-state index contributed by atoms with van der Waals surface area (Å²) in [4.78, 5) is 15.1. The fraction of sp³-hybridized carbons (Fsp3) is 0.333. The van der Waals surface area contributed by atoms with Crippen LogP contribution in [0.25, 0.3) is 0 Å². The van der Waals surface area contributed by atoms with Crippen molar-refractivity contribution in [2.24, 2.45) is 5.73 Å². The van der Waals surface area contributed by atoms with Crippen LogP contribution in [0.3, 0.4) is 0 Å². The average Bonchev–Trinajstić information content (AvgIpc) is 2.19. The molecule has 0 aliphatic rings. The molecule has 1 rings (SSSR count). The molecule has 0 bridgehead atoms. The second-order valence-electron chi connectivity index (χ2n) is 2.87. The Hall–Kier alpha value is -1.62. The highest BCUT2D eigenvalue weighted by atomic mass is 16.5. The summed E-state index contributed by atoms with van der Waals surface area (Å²) in [6.07, 6.45) is 1.51. The molecule has 0 aliphatic heterocycles. The molecule has 0 aliphatic carbocycles. The molecule has 3 N–H and O–H groups in total. The number of nitrogens with one attached hydrogen (secondary N) is 1. The molecule has 0 fully saturated rings. The van der Waals surface area contributed by atoms with Crippen LogP contribution < -0.4 is 15.8 Å². The third-order valence-electron chi connectivity index (χ3n) is 1.63. The molecule has 0 aromatic carbocycles. The van der Waals surface area contributed by atoms with E-state index >= 15 is 0 Å². The predicted octanol–water partition coefficient (Wildman–Crippen LogP) is 0.376. The van der Waals surface area contributed by atoms with Gasteiger partial charge in [-0.3, -0.25) is 4.79 Å². The first-order valence-corrected chi connectivity index (χ1v) is 4.20. The SMILES string of the molecule is COc1ccc(NC(=O)[C@@H](C)N)cn1. The second-order valence-corrected chi connectivity index (χ2v) is 2.87. The van der Waals surface area contributed by atoms with E-state index in [-0.39, 0.29) is 5.91 Å². The largest absolute Gasteiger partial charge is 0.481 e. The summed E-state index contributed by atoms with van der Waals surface area (Å²) >= 11 is 0. The summed E-state index contributed by atoms with van der Waals surface area (Å²) in [6, 6.07) is 2.83. The zero-order chi connectivity index (χ0) is 10.6. The maximum atomic E-state index is 11.2. The lowest BCUT2D eigenvalue weighted by Gasteiger charge is -2.07. The lowest BCUT2D eigenvalue weighted by molar-refractivity contribution is -0.117. The van der Waals surface area contributed by atoms with Crippen LogP contribution >= 0.6 is 0 Å². The number of rotatable bonds is 3. The van der Waals surface area contributed by atoms with Gasteiger partial charge in [0.05, 0.1) is 25.0 Å². The predicted molar refractivity (Wildman–Crippen MR) is 53.1 cm³/mol. The zero-order valence-electron chi connectivity index (χ0n) is 8.15. The van der Waals surface area contributed by atoms with Gasteiger partial charge in [-0.2, -0.15) is 0 Å². The molecule has 1 aromatic rings. The molecular weight excluding hydrogens is 182 g/mol. The Bertz CT molecular complexity index is 308. The molecule has 5 nitrogen and oxygen atoms in total. The summed E-state index contributed by atoms with van der Waals surface area (Å²) in [6.45, 7) is 1.62. The lowest BCUT2D eigenvalue weighted by atomic mass is 10.3. The molecule has 76 valence electrons. The number of nitrogens with two attached hydrogens (primary N) is 1. The first kappa shape index (κ1) is 10.5. The van der Waals surface area contributed by atoms with E-state index in [1.807, 2.05) is 0 Å². The number of ether oxygens (including phenoxy) is 1. The third kappa shape index (κ3) is 2.70. The molecular formula is C9H13N3O2. The number of anilines is 1. The highest BCUT2D eigenvalue weighted by molar-refractivity contribution is 5.94. The number of pyridine rings is 1. The molecule has 0 radical (unpaired) electrons. The van der Waals surface area contributed by atoms with Gasteiger partial charge in [0.2, 0.25) is 11.8 Å². The average molecular weight is 195 g/mol. The summed E-state index contributed by atoms with van der Waals surface area (Å²) in [5.41, 5.74) is 5.99. The van der Waals surface area contributed by atoms with Crippen molar-refractivity contribution in [3.05, 3.63) is 18.3 Å². The number of hydrogen-bond donors (Lipinski definition) is 2. The van der Waals surface area contributed by atoms with E-state index in [1.54, 1.807) is 19.1 Å². The maximum Gasteiger partial charge on any atom is 0.241 e. The van der Waals surface area contributed by atoms with Crippen molar-refractivity contribution in [2.45, 2.75) is 13.0 Å². The Morgan fingerprint density at radius 1 is 1.64 bits per heavy atom. The van der Waals surface area contributed by atoms with Crippen molar-refractivity contribution in [3.8, 4) is 5.88 Å². The van der Waals surface area contributed by atoms with Crippen LogP contribution in [0, 0.1) is 0 Å². The highest BCUT2D eigenvalue weighted by Crippen LogP contribution is 2.10. The molecule has 0 spiro atoms. The molecule has 5 heteroatoms. The number of amides is 1. The van der Waals surface area contributed by atoms with Crippen LogP contribution in [0.4, 0.5) is 5.69 Å². The Kier molecular flexibility index (Phi) is 3.41. The third-order valence-corrected chi connectivity index (χ3v) is 1.63. The maximum absolute atomic E-state index is 11.2. The summed E-state index contributed by atoms with van der Waals surface area (Å²) in [5.74, 6) is 0.265. The van der Waals surface area contributed by atoms with Crippen LogP contribution in [0.1, 0.15) is 6.92 Å². The first-order chi connectivity index (χ1) is 6.63. The standard InChI is InChI=1S/C9H13N3O2/c1-6(10)9(13)12-7-3-4-8(14-2)11-5-7/h3-6H,10H2,1-2H3,(H,12,13)/t6-/m1/s1. The fourth-order valence-electron chi connectivity index (χ4n) is 0.831. The van der Waals surface area contributed by atoms with Crippen molar-refractivity contribution in [2.75, 3.05) is 12.4 Å². The van der Waals surface area contributed by atoms with Gasteiger partial charge in [0, 0.05) is 6.07 Å². The lowest BCUT2D eigenvalue weighted by Crippen LogP contribution is -2.32. The van der Waals surface area contributed by atoms with Gasteiger partial charge in [-0.15, -0.1) is 0 Å². The van der Waals surface area contributed by atoms with Gasteiger partial charge < -0.3 is 15.8 Å². The van der Waals surface area contributed by atoms with Gasteiger partial charge in [-0.1, -0.05) is 0 Å². The summed E-state index contributed by atoms with van der Waals surface area (Å²) in [5, 5.41) is 2.61. The topological polar surface area (TPSA) is 77.2 Å². The molecule has 14 heavy (non-hydrogen) atoms. The van der Waals surface area contributed by atoms with Crippen molar-refractivity contribution >= 4 is 11.6 Å². The minimum Gasteiger partial charge on any atom is -0.481 e. The van der Waals surface area contributed by atoms with Crippen LogP contribution in [-0.2, 0) is 4.79 Å². The van der Waals surface area contributed by atoms with Gasteiger partial charge in [0.1, 0.15) is 0 Å². The second kappa shape index (κ2) is 4.57. The van der Waals surface area contributed by atoms with E-state index in [1.165, 1.54) is 13.3 Å². The van der Waals surface area contributed by atoms with Crippen molar-refractivity contribution in [1.29, 1.82) is 0 Å². The monoisotopic (exact) mass is 195 g/mol. The van der Waals surface area contributed by atoms with Crippen LogP contribution in [0.2, 0.25) is 0 Å². The van der Waals surface area contributed by atoms with Gasteiger partial charge in [0.15, 0.2) is 0 Å². The van der Waals surface area contributed by atoms with E-state index < -0.39 is 6.04 Å². The fourth-order valence-corrected chi connectivity index (χ4v) is 0.831. The quantitative estimate of drug-likeness (QED) is 0.730. The van der Waals surface area contributed by atoms with E-state index in [9.17, 15) is 4.79 Å². The van der Waals surface area contributed by atoms with Gasteiger partial charge in [-0.05, 0) is 13.0 Å². The number of carbonyl (C=O) groups is 1. The molecule has 1 amide bonds. The molecule has 0 saturated heterocycles. The van der Waals surface area contributed by atoms with E-state index in [2.05, 4.69) is 10.3 Å². The molecule has 1 aromatic heterocycles. The van der Waals surface area contributed by atoms with Gasteiger partial charge in [-0.25, -0.2) is 4.98 Å². The minimum absolute atomic E-state index is 0.239. The van der Waals surface area contributed by atoms with Gasteiger partial charge in [0.25, 0.3) is 0 Å². The number of carbonyl (C=O) groups excluding carboxylic acids is 1. The molecule has 0 saturated carbocycles. The Morgan fingerprint density at radius 3 is 2.79 bits per heavy atom. The Labute approximate surface area is 82.3 Å². The first-order valence-electron chi connectivity index (χ1n) is 4.20. The highest BCUT2D eigenvalue weighted by Gasteiger charge is 2.07. The smallest absolute Gasteiger partial charge is 0.241 e. The number of methoxy groups -OCH3 is 1. The van der Waals surface area contributed by atoms with E-state index in [0.29, 0.717) is 11.6 Å². The number of aromatic nitrogens is 1. The molecule has 1 atom stereocenters. The van der Waals surface area contributed by atoms with Crippen molar-refractivity contribution in [3.63, 3.8) is 0 Å². The van der Waals surface area contributed by atoms with E-state index in [4.69, 9.17) is 10.5 Å². The number of hydrogen-bond acceptors (Lipinski definition) is 4. The van der Waals surface area contributed by atoms with E-state index in [0.717, 1.165) is 0 Å².